The highest BCUT2D eigenvalue weighted by Gasteiger charge is 2.33. The predicted molar refractivity (Wildman–Crippen MR) is 83.5 cm³/mol. The summed E-state index contributed by atoms with van der Waals surface area (Å²) in [7, 11) is 0. The molecule has 0 saturated heterocycles. The van der Waals surface area contributed by atoms with Gasteiger partial charge >= 0.3 is 5.82 Å². The standard InChI is InChI=1S/C13H12N4O2S2/c1-8-9-3-6-20-10(9)2-4-15(8)11-12(17(18)19)16-5-7-21-13(16)14-11/h3,5-8H,2,4H2,1H3. The number of anilines is 1. The summed E-state index contributed by atoms with van der Waals surface area (Å²) in [6.07, 6.45) is 2.62. The fourth-order valence-electron chi connectivity index (χ4n) is 2.92. The van der Waals surface area contributed by atoms with Crippen LogP contribution in [0.1, 0.15) is 23.4 Å². The van der Waals surface area contributed by atoms with Gasteiger partial charge in [-0.1, -0.05) is 11.3 Å². The Labute approximate surface area is 128 Å². The first kappa shape index (κ1) is 12.8. The molecule has 3 aromatic heterocycles. The van der Waals surface area contributed by atoms with Crippen molar-refractivity contribution in [3.8, 4) is 0 Å². The van der Waals surface area contributed by atoms with Gasteiger partial charge < -0.3 is 15.0 Å². The number of fused-ring (bicyclic) bond motifs is 2. The van der Waals surface area contributed by atoms with Gasteiger partial charge in [0.1, 0.15) is 6.20 Å². The molecule has 0 bridgehead atoms. The van der Waals surface area contributed by atoms with Crippen LogP contribution in [0.25, 0.3) is 4.96 Å². The minimum Gasteiger partial charge on any atom is -0.358 e. The van der Waals surface area contributed by atoms with Gasteiger partial charge in [0.05, 0.1) is 6.04 Å². The lowest BCUT2D eigenvalue weighted by Crippen LogP contribution is -2.33. The summed E-state index contributed by atoms with van der Waals surface area (Å²) >= 11 is 3.17. The third-order valence-electron chi connectivity index (χ3n) is 3.94. The van der Waals surface area contributed by atoms with E-state index in [1.54, 1.807) is 21.9 Å². The number of aromatic nitrogens is 2. The van der Waals surface area contributed by atoms with Crippen molar-refractivity contribution < 1.29 is 4.92 Å². The Hall–Kier alpha value is -1.93. The molecule has 6 nitrogen and oxygen atoms in total. The molecule has 0 amide bonds. The van der Waals surface area contributed by atoms with Crippen molar-refractivity contribution in [2.45, 2.75) is 19.4 Å². The third kappa shape index (κ3) is 1.79. The summed E-state index contributed by atoms with van der Waals surface area (Å²) in [6, 6.07) is 2.23. The third-order valence-corrected chi connectivity index (χ3v) is 5.69. The Morgan fingerprint density at radius 3 is 3.10 bits per heavy atom. The molecule has 21 heavy (non-hydrogen) atoms. The van der Waals surface area contributed by atoms with Gasteiger partial charge in [-0.15, -0.1) is 11.3 Å². The fraction of sp³-hybridized carbons (Fsp3) is 0.308. The average molecular weight is 320 g/mol. The van der Waals surface area contributed by atoms with Crippen LogP contribution in [0, 0.1) is 10.1 Å². The molecule has 108 valence electrons. The molecule has 1 aliphatic rings. The van der Waals surface area contributed by atoms with Gasteiger partial charge in [-0.2, -0.15) is 9.38 Å². The van der Waals surface area contributed by atoms with Gasteiger partial charge in [0.15, 0.2) is 0 Å². The van der Waals surface area contributed by atoms with Crippen LogP contribution >= 0.6 is 22.7 Å². The summed E-state index contributed by atoms with van der Waals surface area (Å²) in [5.74, 6) is 0.549. The molecular weight excluding hydrogens is 308 g/mol. The van der Waals surface area contributed by atoms with Gasteiger partial charge in [0.25, 0.3) is 4.96 Å². The Balaban J connectivity index is 1.85. The monoisotopic (exact) mass is 320 g/mol. The maximum absolute atomic E-state index is 11.5. The van der Waals surface area contributed by atoms with Crippen LogP contribution in [0.5, 0.6) is 0 Å². The lowest BCUT2D eigenvalue weighted by molar-refractivity contribution is -0.389. The number of hydrogen-bond acceptors (Lipinski definition) is 6. The molecular formula is C13H12N4O2S2. The van der Waals surface area contributed by atoms with E-state index in [2.05, 4.69) is 23.4 Å². The zero-order valence-electron chi connectivity index (χ0n) is 11.2. The molecule has 4 rings (SSSR count). The zero-order chi connectivity index (χ0) is 14.6. The van der Waals surface area contributed by atoms with Crippen LogP contribution in [0.3, 0.4) is 0 Å². The predicted octanol–water partition coefficient (Wildman–Crippen LogP) is 3.49. The first-order chi connectivity index (χ1) is 10.2. The minimum absolute atomic E-state index is 0.0665. The maximum Gasteiger partial charge on any atom is 0.373 e. The topological polar surface area (TPSA) is 63.7 Å². The Kier molecular flexibility index (Phi) is 2.76. The van der Waals surface area contributed by atoms with Crippen molar-refractivity contribution in [1.29, 1.82) is 0 Å². The first-order valence-electron chi connectivity index (χ1n) is 6.59. The highest BCUT2D eigenvalue weighted by atomic mass is 32.1. The number of nitrogens with zero attached hydrogens (tertiary/aromatic N) is 4. The Morgan fingerprint density at radius 1 is 1.43 bits per heavy atom. The van der Waals surface area contributed by atoms with E-state index in [4.69, 9.17) is 0 Å². The number of imidazole rings is 1. The van der Waals surface area contributed by atoms with Crippen molar-refractivity contribution >= 4 is 39.3 Å². The van der Waals surface area contributed by atoms with E-state index in [-0.39, 0.29) is 16.8 Å². The molecule has 0 aliphatic carbocycles. The zero-order valence-corrected chi connectivity index (χ0v) is 12.9. The smallest absolute Gasteiger partial charge is 0.358 e. The van der Waals surface area contributed by atoms with Crippen molar-refractivity contribution in [3.63, 3.8) is 0 Å². The fourth-order valence-corrected chi connectivity index (χ4v) is 4.59. The molecule has 4 heterocycles. The molecule has 1 aliphatic heterocycles. The molecule has 0 saturated carbocycles. The number of thiazole rings is 1. The molecule has 0 spiro atoms. The summed E-state index contributed by atoms with van der Waals surface area (Å²) in [6.45, 7) is 2.85. The minimum atomic E-state index is -0.335. The van der Waals surface area contributed by atoms with Crippen molar-refractivity contribution in [2.24, 2.45) is 0 Å². The number of thiophene rings is 1. The summed E-state index contributed by atoms with van der Waals surface area (Å²) in [4.78, 5) is 19.7. The highest BCUT2D eigenvalue weighted by molar-refractivity contribution is 7.15. The largest absolute Gasteiger partial charge is 0.373 e. The molecule has 3 aromatic rings. The van der Waals surface area contributed by atoms with Gasteiger partial charge in [-0.05, 0) is 35.3 Å². The number of rotatable bonds is 2. The molecule has 0 N–H and O–H groups in total. The van der Waals surface area contributed by atoms with Crippen LogP contribution in [-0.4, -0.2) is 20.9 Å². The van der Waals surface area contributed by atoms with Gasteiger partial charge in [0, 0.05) is 16.8 Å². The quantitative estimate of drug-likeness (QED) is 0.535. The Bertz CT molecular complexity index is 834. The molecule has 1 unspecified atom stereocenters. The van der Waals surface area contributed by atoms with E-state index in [1.807, 2.05) is 10.3 Å². The number of hydrogen-bond donors (Lipinski definition) is 0. The Morgan fingerprint density at radius 2 is 2.29 bits per heavy atom. The van der Waals surface area contributed by atoms with E-state index in [0.717, 1.165) is 13.0 Å². The van der Waals surface area contributed by atoms with Crippen LogP contribution in [0.15, 0.2) is 23.0 Å². The second-order valence-corrected chi connectivity index (χ2v) is 6.86. The average Bonchev–Trinajstić information content (AvgIpc) is 3.12. The van der Waals surface area contributed by atoms with E-state index in [1.165, 1.54) is 21.8 Å². The van der Waals surface area contributed by atoms with E-state index < -0.39 is 0 Å². The van der Waals surface area contributed by atoms with Crippen molar-refractivity contribution in [3.05, 3.63) is 43.6 Å². The molecule has 0 fully saturated rings. The van der Waals surface area contributed by atoms with Crippen LogP contribution in [0.4, 0.5) is 11.6 Å². The highest BCUT2D eigenvalue weighted by Crippen LogP contribution is 2.40. The lowest BCUT2D eigenvalue weighted by Gasteiger charge is -2.33. The van der Waals surface area contributed by atoms with Gasteiger partial charge in [0.2, 0.25) is 5.82 Å². The van der Waals surface area contributed by atoms with E-state index in [0.29, 0.717) is 10.8 Å². The van der Waals surface area contributed by atoms with Crippen LogP contribution < -0.4 is 4.90 Å². The van der Waals surface area contributed by atoms with E-state index in [9.17, 15) is 10.1 Å². The normalized spacial score (nSPS) is 18.1. The first-order valence-corrected chi connectivity index (χ1v) is 8.35. The second kappa shape index (κ2) is 4.54. The van der Waals surface area contributed by atoms with Crippen LogP contribution in [-0.2, 0) is 6.42 Å². The summed E-state index contributed by atoms with van der Waals surface area (Å²) in [5, 5.41) is 15.4. The molecule has 0 radical (unpaired) electrons. The molecule has 8 heteroatoms. The van der Waals surface area contributed by atoms with Gasteiger partial charge in [-0.3, -0.25) is 0 Å². The summed E-state index contributed by atoms with van der Waals surface area (Å²) in [5.41, 5.74) is 1.26. The van der Waals surface area contributed by atoms with Crippen molar-refractivity contribution in [1.82, 2.24) is 9.38 Å². The van der Waals surface area contributed by atoms with Crippen LogP contribution in [0.2, 0.25) is 0 Å². The lowest BCUT2D eigenvalue weighted by atomic mass is 10.0. The maximum atomic E-state index is 11.5. The number of nitro groups is 1. The SMILES string of the molecule is CC1c2ccsc2CCN1c1nc2sccn2c1[N+](=O)[O-]. The van der Waals surface area contributed by atoms with Gasteiger partial charge in [-0.25, -0.2) is 0 Å². The summed E-state index contributed by atoms with van der Waals surface area (Å²) < 4.78 is 1.57. The second-order valence-electron chi connectivity index (χ2n) is 4.99. The molecule has 1 atom stereocenters. The van der Waals surface area contributed by atoms with E-state index >= 15 is 0 Å². The molecule has 0 aromatic carbocycles. The van der Waals surface area contributed by atoms with Crippen molar-refractivity contribution in [2.75, 3.05) is 11.4 Å².